The molecule has 214 valence electrons. The van der Waals surface area contributed by atoms with Crippen LogP contribution in [0.3, 0.4) is 0 Å². The summed E-state index contributed by atoms with van der Waals surface area (Å²) < 4.78 is 10.9. The number of nitro groups is 2. The molecule has 3 atom stereocenters. The van der Waals surface area contributed by atoms with Crippen molar-refractivity contribution in [3.8, 4) is 0 Å². The summed E-state index contributed by atoms with van der Waals surface area (Å²) in [5.41, 5.74) is 1.26. The van der Waals surface area contributed by atoms with Crippen LogP contribution in [-0.2, 0) is 22.7 Å². The van der Waals surface area contributed by atoms with E-state index in [9.17, 15) is 29.8 Å². The van der Waals surface area contributed by atoms with Crippen LogP contribution < -0.4 is 0 Å². The first-order chi connectivity index (χ1) is 19.1. The summed E-state index contributed by atoms with van der Waals surface area (Å²) in [6.45, 7) is 4.70. The number of ether oxygens (including phenoxy) is 2. The molecule has 0 bridgehead atoms. The lowest BCUT2D eigenvalue weighted by Crippen LogP contribution is -2.56. The fraction of sp³-hybridized carbons (Fsp3) is 0.462. The van der Waals surface area contributed by atoms with Gasteiger partial charge in [-0.3, -0.25) is 25.1 Å². The number of nitro benzene ring substituents is 2. The van der Waals surface area contributed by atoms with Crippen LogP contribution >= 0.6 is 12.6 Å². The number of carbonyl (C=O) groups is 2. The van der Waals surface area contributed by atoms with E-state index in [0.717, 1.165) is 0 Å². The van der Waals surface area contributed by atoms with Gasteiger partial charge < -0.3 is 19.3 Å². The molecule has 2 fully saturated rings. The molecule has 14 heteroatoms. The van der Waals surface area contributed by atoms with Gasteiger partial charge in [-0.2, -0.15) is 12.6 Å². The third kappa shape index (κ3) is 7.39. The maximum Gasteiger partial charge on any atom is 0.410 e. The van der Waals surface area contributed by atoms with E-state index in [1.807, 2.05) is 6.92 Å². The summed E-state index contributed by atoms with van der Waals surface area (Å²) in [6.07, 6.45) is -0.193. The van der Waals surface area contributed by atoms with Crippen LogP contribution in [0.1, 0.15) is 24.5 Å². The molecule has 0 radical (unpaired) electrons. The highest BCUT2D eigenvalue weighted by molar-refractivity contribution is 7.81. The number of hydrogen-bond acceptors (Lipinski definition) is 10. The predicted molar refractivity (Wildman–Crippen MR) is 147 cm³/mol. The van der Waals surface area contributed by atoms with Gasteiger partial charge in [0.15, 0.2) is 0 Å². The molecule has 4 rings (SSSR count). The summed E-state index contributed by atoms with van der Waals surface area (Å²) in [7, 11) is 0. The zero-order valence-corrected chi connectivity index (χ0v) is 22.9. The molecule has 0 spiro atoms. The molecule has 2 aromatic rings. The predicted octanol–water partition coefficient (Wildman–Crippen LogP) is 3.86. The third-order valence-corrected chi connectivity index (χ3v) is 7.44. The Hall–Kier alpha value is -3.91. The van der Waals surface area contributed by atoms with Crippen LogP contribution in [0.2, 0.25) is 0 Å². The van der Waals surface area contributed by atoms with Crippen molar-refractivity contribution in [3.05, 3.63) is 79.9 Å². The molecule has 1 unspecified atom stereocenters. The van der Waals surface area contributed by atoms with Gasteiger partial charge in [-0.1, -0.05) is 0 Å². The van der Waals surface area contributed by atoms with E-state index in [2.05, 4.69) is 17.5 Å². The first-order valence-corrected chi connectivity index (χ1v) is 13.4. The van der Waals surface area contributed by atoms with E-state index in [0.29, 0.717) is 50.3 Å². The van der Waals surface area contributed by atoms with E-state index in [1.165, 1.54) is 24.3 Å². The number of benzene rings is 2. The van der Waals surface area contributed by atoms with E-state index in [1.54, 1.807) is 34.1 Å². The molecule has 2 aromatic carbocycles. The lowest BCUT2D eigenvalue weighted by atomic mass is 10.1. The van der Waals surface area contributed by atoms with Crippen molar-refractivity contribution in [1.82, 2.24) is 14.7 Å². The number of likely N-dealkylation sites (tertiary alicyclic amines) is 1. The maximum atomic E-state index is 12.9. The fourth-order valence-electron chi connectivity index (χ4n) is 4.94. The Balaban J connectivity index is 1.25. The first-order valence-electron chi connectivity index (χ1n) is 12.8. The van der Waals surface area contributed by atoms with Crippen molar-refractivity contribution < 1.29 is 28.9 Å². The Labute approximate surface area is 236 Å². The molecular weight excluding hydrogens is 542 g/mol. The lowest BCUT2D eigenvalue weighted by molar-refractivity contribution is -0.385. The van der Waals surface area contributed by atoms with Gasteiger partial charge in [0, 0.05) is 74.3 Å². The third-order valence-electron chi connectivity index (χ3n) is 7.06. The van der Waals surface area contributed by atoms with Crippen molar-refractivity contribution in [2.24, 2.45) is 0 Å². The molecule has 2 heterocycles. The smallest absolute Gasteiger partial charge is 0.410 e. The van der Waals surface area contributed by atoms with E-state index >= 15 is 0 Å². The minimum absolute atomic E-state index is 0.00891. The molecule has 40 heavy (non-hydrogen) atoms. The number of amides is 2. The molecule has 13 nitrogen and oxygen atoms in total. The molecule has 2 amide bonds. The van der Waals surface area contributed by atoms with Gasteiger partial charge >= 0.3 is 12.2 Å². The number of rotatable bonds is 8. The Bertz CT molecular complexity index is 1230. The normalized spacial score (nSPS) is 21.2. The number of nitrogens with zero attached hydrogens (tertiary/aromatic N) is 5. The van der Waals surface area contributed by atoms with Crippen LogP contribution in [0.4, 0.5) is 21.0 Å². The molecule has 2 aliphatic heterocycles. The van der Waals surface area contributed by atoms with Gasteiger partial charge in [-0.25, -0.2) is 9.59 Å². The molecule has 0 aromatic heterocycles. The minimum atomic E-state index is -0.483. The van der Waals surface area contributed by atoms with Gasteiger partial charge in [0.2, 0.25) is 0 Å². The van der Waals surface area contributed by atoms with Crippen molar-refractivity contribution >= 4 is 36.2 Å². The Morgan fingerprint density at radius 1 is 0.850 bits per heavy atom. The molecule has 0 N–H and O–H groups in total. The van der Waals surface area contributed by atoms with E-state index in [4.69, 9.17) is 9.47 Å². The second-order valence-corrected chi connectivity index (χ2v) is 10.7. The van der Waals surface area contributed by atoms with Crippen molar-refractivity contribution in [3.63, 3.8) is 0 Å². The SMILES string of the molecule is CC1CN(C[C@@H]2C[C@H](S)CN2C(=O)OCc2ccc([N+](=O)[O-])cc2)CCN1C(=O)OCc1ccc([N+](=O)[O-])cc1. The highest BCUT2D eigenvalue weighted by Crippen LogP contribution is 2.25. The molecule has 0 saturated carbocycles. The van der Waals surface area contributed by atoms with Crippen LogP contribution in [0.15, 0.2) is 48.5 Å². The van der Waals surface area contributed by atoms with Gasteiger partial charge in [0.1, 0.15) is 13.2 Å². The highest BCUT2D eigenvalue weighted by Gasteiger charge is 2.37. The number of thiol groups is 1. The number of carbonyl (C=O) groups excluding carboxylic acids is 2. The topological polar surface area (TPSA) is 149 Å². The molecule has 2 saturated heterocycles. The Kier molecular flexibility index (Phi) is 9.42. The van der Waals surface area contributed by atoms with E-state index in [-0.39, 0.29) is 41.9 Å². The number of piperazine rings is 1. The van der Waals surface area contributed by atoms with Crippen LogP contribution in [0.25, 0.3) is 0 Å². The van der Waals surface area contributed by atoms with Crippen molar-refractivity contribution in [2.75, 3.05) is 32.7 Å². The first kappa shape index (κ1) is 29.1. The monoisotopic (exact) mass is 573 g/mol. The van der Waals surface area contributed by atoms with Crippen molar-refractivity contribution in [2.45, 2.75) is 43.9 Å². The van der Waals surface area contributed by atoms with Gasteiger partial charge in [-0.15, -0.1) is 0 Å². The average molecular weight is 574 g/mol. The summed E-state index contributed by atoms with van der Waals surface area (Å²) >= 11 is 4.59. The second kappa shape index (κ2) is 13.0. The number of non-ortho nitro benzene ring substituents is 2. The largest absolute Gasteiger partial charge is 0.445 e. The zero-order chi connectivity index (χ0) is 28.8. The lowest BCUT2D eigenvalue weighted by Gasteiger charge is -2.40. The van der Waals surface area contributed by atoms with Crippen LogP contribution in [0.5, 0.6) is 0 Å². The Morgan fingerprint density at radius 2 is 1.35 bits per heavy atom. The summed E-state index contributed by atoms with van der Waals surface area (Å²) in [6, 6.07) is 11.5. The zero-order valence-electron chi connectivity index (χ0n) is 22.0. The number of hydrogen-bond donors (Lipinski definition) is 1. The minimum Gasteiger partial charge on any atom is -0.445 e. The maximum absolute atomic E-state index is 12.9. The summed E-state index contributed by atoms with van der Waals surface area (Å²) in [5.74, 6) is 0. The standard InChI is InChI=1S/C26H31N5O8S/c1-18-13-27(10-11-28(18)25(32)38-16-19-2-6-21(7-3-19)30(34)35)14-23-12-24(40)15-29(23)26(33)39-17-20-4-8-22(9-5-20)31(36)37/h2-9,18,23-24,40H,10-17H2,1H3/t18?,23-,24-/m0/s1. The quantitative estimate of drug-likeness (QED) is 0.282. The van der Waals surface area contributed by atoms with Crippen LogP contribution in [-0.4, -0.2) is 86.8 Å². The fourth-order valence-corrected chi connectivity index (χ4v) is 5.36. The van der Waals surface area contributed by atoms with Crippen LogP contribution in [0, 0.1) is 20.2 Å². The summed E-state index contributed by atoms with van der Waals surface area (Å²) in [4.78, 5) is 51.8. The van der Waals surface area contributed by atoms with Crippen molar-refractivity contribution in [1.29, 1.82) is 0 Å². The molecule has 2 aliphatic rings. The van der Waals surface area contributed by atoms with E-state index < -0.39 is 22.0 Å². The van der Waals surface area contributed by atoms with Gasteiger partial charge in [-0.05, 0) is 48.7 Å². The highest BCUT2D eigenvalue weighted by atomic mass is 32.1. The molecule has 0 aliphatic carbocycles. The summed E-state index contributed by atoms with van der Waals surface area (Å²) in [5, 5.41) is 21.6. The average Bonchev–Trinajstić information content (AvgIpc) is 3.30. The van der Waals surface area contributed by atoms with Gasteiger partial charge in [0.05, 0.1) is 9.85 Å². The molecular formula is C26H31N5O8S. The second-order valence-electron chi connectivity index (χ2n) is 9.95. The Morgan fingerprint density at radius 3 is 1.82 bits per heavy atom. The van der Waals surface area contributed by atoms with Gasteiger partial charge in [0.25, 0.3) is 11.4 Å².